The number of aldehydes is 1. The highest BCUT2D eigenvalue weighted by molar-refractivity contribution is 9.10. The van der Waals surface area contributed by atoms with Gasteiger partial charge in [-0.2, -0.15) is 0 Å². The second-order valence-corrected chi connectivity index (χ2v) is 3.17. The molecule has 0 saturated heterocycles. The average molecular weight is 235 g/mol. The lowest BCUT2D eigenvalue weighted by Crippen LogP contribution is -1.83. The minimum absolute atomic E-state index is 0.112. The van der Waals surface area contributed by atoms with E-state index in [1.165, 1.54) is 6.07 Å². The van der Waals surface area contributed by atoms with Crippen LogP contribution in [-0.4, -0.2) is 11.4 Å². The van der Waals surface area contributed by atoms with E-state index in [0.29, 0.717) is 10.8 Å². The molecule has 0 aliphatic heterocycles. The minimum Gasteiger partial charge on any atom is -0.506 e. The third kappa shape index (κ3) is 1.54. The second-order valence-electron chi connectivity index (χ2n) is 1.91. The largest absolute Gasteiger partial charge is 0.506 e. The van der Waals surface area contributed by atoms with E-state index < -0.39 is 0 Å². The first kappa shape index (κ1) is 8.56. The van der Waals surface area contributed by atoms with Gasteiger partial charge in [0.2, 0.25) is 0 Å². The Labute approximate surface area is 76.9 Å². The van der Waals surface area contributed by atoms with E-state index in [0.717, 1.165) is 0 Å². The van der Waals surface area contributed by atoms with Crippen LogP contribution in [0.1, 0.15) is 10.4 Å². The van der Waals surface area contributed by atoms with Crippen molar-refractivity contribution in [2.24, 2.45) is 0 Å². The van der Waals surface area contributed by atoms with Crippen LogP contribution in [0.3, 0.4) is 0 Å². The van der Waals surface area contributed by atoms with Gasteiger partial charge in [0.05, 0.1) is 15.1 Å². The highest BCUT2D eigenvalue weighted by Gasteiger charge is 2.07. The first-order valence-corrected chi connectivity index (χ1v) is 3.96. The number of hydrogen-bond acceptors (Lipinski definition) is 2. The topological polar surface area (TPSA) is 37.3 Å². The van der Waals surface area contributed by atoms with Gasteiger partial charge < -0.3 is 5.11 Å². The van der Waals surface area contributed by atoms with E-state index in [-0.39, 0.29) is 16.3 Å². The number of halogens is 2. The fourth-order valence-corrected chi connectivity index (χ4v) is 1.21. The van der Waals surface area contributed by atoms with Crippen LogP contribution in [0, 0.1) is 0 Å². The summed E-state index contributed by atoms with van der Waals surface area (Å²) in [5.41, 5.74) is 0.112. The van der Waals surface area contributed by atoms with E-state index >= 15 is 0 Å². The van der Waals surface area contributed by atoms with Crippen molar-refractivity contribution in [2.75, 3.05) is 0 Å². The summed E-state index contributed by atoms with van der Waals surface area (Å²) >= 11 is 8.64. The van der Waals surface area contributed by atoms with Crippen molar-refractivity contribution < 1.29 is 9.90 Å². The Morgan fingerprint density at radius 1 is 1.55 bits per heavy atom. The predicted molar refractivity (Wildman–Crippen MR) is 46.2 cm³/mol. The molecule has 0 aliphatic carbocycles. The van der Waals surface area contributed by atoms with E-state index in [1.807, 2.05) is 0 Å². The van der Waals surface area contributed by atoms with Gasteiger partial charge in [0, 0.05) is 0 Å². The van der Waals surface area contributed by atoms with E-state index in [9.17, 15) is 9.90 Å². The molecule has 1 aromatic carbocycles. The summed E-state index contributed by atoms with van der Waals surface area (Å²) in [6, 6.07) is 3.11. The van der Waals surface area contributed by atoms with Crippen molar-refractivity contribution in [3.05, 3.63) is 27.2 Å². The fourth-order valence-electron chi connectivity index (χ4n) is 0.669. The first-order chi connectivity index (χ1) is 5.16. The Morgan fingerprint density at radius 2 is 2.18 bits per heavy atom. The number of aromatic hydroxyl groups is 1. The lowest BCUT2D eigenvalue weighted by atomic mass is 10.2. The monoisotopic (exact) mass is 234 g/mol. The number of carbonyl (C=O) groups is 1. The molecule has 0 aromatic heterocycles. The van der Waals surface area contributed by atoms with Crippen molar-refractivity contribution >= 4 is 33.8 Å². The van der Waals surface area contributed by atoms with Crippen molar-refractivity contribution in [1.29, 1.82) is 0 Å². The third-order valence-electron chi connectivity index (χ3n) is 1.23. The van der Waals surface area contributed by atoms with Gasteiger partial charge in [0.1, 0.15) is 5.75 Å². The van der Waals surface area contributed by atoms with Gasteiger partial charge in [-0.25, -0.2) is 0 Å². The summed E-state index contributed by atoms with van der Waals surface area (Å²) in [5.74, 6) is -0.118. The summed E-state index contributed by atoms with van der Waals surface area (Å²) in [6.07, 6.45) is 0.516. The predicted octanol–water partition coefficient (Wildman–Crippen LogP) is 2.62. The molecule has 0 aliphatic rings. The van der Waals surface area contributed by atoms with Crippen LogP contribution in [0.15, 0.2) is 16.6 Å². The number of phenols is 1. The Morgan fingerprint density at radius 3 is 2.64 bits per heavy atom. The zero-order chi connectivity index (χ0) is 8.43. The van der Waals surface area contributed by atoms with Crippen LogP contribution in [0.4, 0.5) is 0 Å². The lowest BCUT2D eigenvalue weighted by Gasteiger charge is -2.00. The SMILES string of the molecule is O=Cc1c(Cl)ccc(Br)c1O. The molecule has 0 saturated carbocycles. The molecule has 4 heteroatoms. The van der Waals surface area contributed by atoms with E-state index in [4.69, 9.17) is 11.6 Å². The van der Waals surface area contributed by atoms with Gasteiger partial charge in [-0.1, -0.05) is 11.6 Å². The second kappa shape index (κ2) is 3.24. The molecule has 2 nitrogen and oxygen atoms in total. The number of benzene rings is 1. The smallest absolute Gasteiger partial charge is 0.155 e. The van der Waals surface area contributed by atoms with Crippen LogP contribution in [0.2, 0.25) is 5.02 Å². The van der Waals surface area contributed by atoms with Crippen LogP contribution >= 0.6 is 27.5 Å². The zero-order valence-electron chi connectivity index (χ0n) is 5.34. The number of carbonyl (C=O) groups excluding carboxylic acids is 1. The quantitative estimate of drug-likeness (QED) is 0.760. The van der Waals surface area contributed by atoms with Gasteiger partial charge in [-0.15, -0.1) is 0 Å². The first-order valence-electron chi connectivity index (χ1n) is 2.79. The molecule has 11 heavy (non-hydrogen) atoms. The third-order valence-corrected chi connectivity index (χ3v) is 2.20. The van der Waals surface area contributed by atoms with Gasteiger partial charge in [-0.05, 0) is 28.1 Å². The summed E-state index contributed by atoms with van der Waals surface area (Å²) in [6.45, 7) is 0. The molecule has 0 unspecified atom stereocenters. The maximum absolute atomic E-state index is 10.3. The minimum atomic E-state index is -0.118. The summed E-state index contributed by atoms with van der Waals surface area (Å²) in [5, 5.41) is 9.47. The molecule has 0 fully saturated rings. The maximum atomic E-state index is 10.3. The van der Waals surface area contributed by atoms with Gasteiger partial charge in [0.15, 0.2) is 6.29 Å². The summed E-state index contributed by atoms with van der Waals surface area (Å²) in [7, 11) is 0. The van der Waals surface area contributed by atoms with Crippen molar-refractivity contribution in [3.63, 3.8) is 0 Å². The molecule has 0 radical (unpaired) electrons. The molecule has 0 bridgehead atoms. The Bertz CT molecular complexity index is 299. The average Bonchev–Trinajstić information content (AvgIpc) is 1.99. The molecule has 1 rings (SSSR count). The van der Waals surface area contributed by atoms with Crippen LogP contribution in [0.5, 0.6) is 5.75 Å². The van der Waals surface area contributed by atoms with Crippen LogP contribution in [-0.2, 0) is 0 Å². The highest BCUT2D eigenvalue weighted by atomic mass is 79.9. The van der Waals surface area contributed by atoms with Crippen LogP contribution < -0.4 is 0 Å². The molecule has 58 valence electrons. The Balaban J connectivity index is 3.40. The Hall–Kier alpha value is -0.540. The molecular formula is C7H4BrClO2. The molecule has 0 atom stereocenters. The van der Waals surface area contributed by atoms with Crippen molar-refractivity contribution in [3.8, 4) is 5.75 Å². The standard InChI is InChI=1S/C7H4BrClO2/c8-5-1-2-6(9)4(3-10)7(5)11/h1-3,11H. The Kier molecular flexibility index (Phi) is 2.52. The molecule has 0 amide bonds. The van der Waals surface area contributed by atoms with E-state index in [2.05, 4.69) is 15.9 Å². The fraction of sp³-hybridized carbons (Fsp3) is 0. The molecule has 1 aromatic rings. The van der Waals surface area contributed by atoms with Crippen molar-refractivity contribution in [2.45, 2.75) is 0 Å². The maximum Gasteiger partial charge on any atom is 0.155 e. The summed E-state index contributed by atoms with van der Waals surface area (Å²) < 4.78 is 0.462. The molecule has 0 spiro atoms. The van der Waals surface area contributed by atoms with Crippen LogP contribution in [0.25, 0.3) is 0 Å². The normalized spacial score (nSPS) is 9.64. The number of rotatable bonds is 1. The van der Waals surface area contributed by atoms with E-state index in [1.54, 1.807) is 6.07 Å². The number of phenolic OH excluding ortho intramolecular Hbond substituents is 1. The lowest BCUT2D eigenvalue weighted by molar-refractivity contribution is 0.112. The molecule has 0 heterocycles. The molecule has 1 N–H and O–H groups in total. The van der Waals surface area contributed by atoms with Gasteiger partial charge >= 0.3 is 0 Å². The highest BCUT2D eigenvalue weighted by Crippen LogP contribution is 2.31. The van der Waals surface area contributed by atoms with Crippen molar-refractivity contribution in [1.82, 2.24) is 0 Å². The van der Waals surface area contributed by atoms with Gasteiger partial charge in [0.25, 0.3) is 0 Å². The molecular weight excluding hydrogens is 231 g/mol. The summed E-state index contributed by atoms with van der Waals surface area (Å²) in [4.78, 5) is 10.3. The number of hydrogen-bond donors (Lipinski definition) is 1. The van der Waals surface area contributed by atoms with Gasteiger partial charge in [-0.3, -0.25) is 4.79 Å². The zero-order valence-corrected chi connectivity index (χ0v) is 7.69.